The number of hydrogen-bond acceptors (Lipinski definition) is 5. The maximum atomic E-state index is 10.5. The van der Waals surface area contributed by atoms with E-state index in [9.17, 15) is 4.79 Å². The van der Waals surface area contributed by atoms with Gasteiger partial charge in [-0.05, 0) is 12.1 Å². The van der Waals surface area contributed by atoms with Gasteiger partial charge in [-0.2, -0.15) is 0 Å². The van der Waals surface area contributed by atoms with E-state index in [1.165, 1.54) is 21.3 Å². The molecule has 1 aromatic carbocycles. The van der Waals surface area contributed by atoms with Gasteiger partial charge in [-0.25, -0.2) is 0 Å². The fourth-order valence-electron chi connectivity index (χ4n) is 1.42. The maximum absolute atomic E-state index is 10.5. The van der Waals surface area contributed by atoms with Gasteiger partial charge in [-0.15, -0.1) is 0 Å². The zero-order chi connectivity index (χ0) is 12.0. The standard InChI is InChI=1S/C11H14O5/c1-13-10-7-5-4-6-9(10)11(14-2,15-3)16-8-12/h4-8H,1-3H3. The van der Waals surface area contributed by atoms with E-state index in [0.29, 0.717) is 11.3 Å². The van der Waals surface area contributed by atoms with Crippen LogP contribution in [-0.2, 0) is 25.0 Å². The molecule has 0 aliphatic rings. The van der Waals surface area contributed by atoms with E-state index in [2.05, 4.69) is 0 Å². The molecule has 5 nitrogen and oxygen atoms in total. The molecule has 0 N–H and O–H groups in total. The van der Waals surface area contributed by atoms with Crippen LogP contribution in [0.25, 0.3) is 0 Å². The molecule has 0 atom stereocenters. The summed E-state index contributed by atoms with van der Waals surface area (Å²) in [5.41, 5.74) is 0.481. The van der Waals surface area contributed by atoms with Crippen molar-refractivity contribution in [3.05, 3.63) is 29.8 Å². The van der Waals surface area contributed by atoms with Crippen LogP contribution in [-0.4, -0.2) is 27.8 Å². The molecule has 1 rings (SSSR count). The maximum Gasteiger partial charge on any atom is 0.361 e. The van der Waals surface area contributed by atoms with Crippen molar-refractivity contribution in [3.8, 4) is 5.75 Å². The van der Waals surface area contributed by atoms with Gasteiger partial charge in [0.15, 0.2) is 0 Å². The quantitative estimate of drug-likeness (QED) is 0.540. The molecular weight excluding hydrogens is 212 g/mol. The number of carbonyl (C=O) groups excluding carboxylic acids is 1. The molecule has 88 valence electrons. The summed E-state index contributed by atoms with van der Waals surface area (Å²) in [6.45, 7) is 0.263. The van der Waals surface area contributed by atoms with E-state index >= 15 is 0 Å². The minimum atomic E-state index is -1.58. The first kappa shape index (κ1) is 12.5. The number of carbonyl (C=O) groups is 1. The van der Waals surface area contributed by atoms with Gasteiger partial charge in [0.2, 0.25) is 0 Å². The average Bonchev–Trinajstić information content (AvgIpc) is 2.36. The predicted octanol–water partition coefficient (Wildman–Crippen LogP) is 1.27. The van der Waals surface area contributed by atoms with E-state index < -0.39 is 5.97 Å². The lowest BCUT2D eigenvalue weighted by atomic mass is 10.1. The van der Waals surface area contributed by atoms with Crippen molar-refractivity contribution in [2.75, 3.05) is 21.3 Å². The highest BCUT2D eigenvalue weighted by atomic mass is 16.9. The van der Waals surface area contributed by atoms with Crippen molar-refractivity contribution in [2.45, 2.75) is 5.97 Å². The van der Waals surface area contributed by atoms with Gasteiger partial charge in [0.25, 0.3) is 6.47 Å². The Balaban J connectivity index is 3.23. The van der Waals surface area contributed by atoms with Crippen LogP contribution in [0.5, 0.6) is 5.75 Å². The predicted molar refractivity (Wildman–Crippen MR) is 55.8 cm³/mol. The Kier molecular flexibility index (Phi) is 4.28. The van der Waals surface area contributed by atoms with Crippen LogP contribution >= 0.6 is 0 Å². The van der Waals surface area contributed by atoms with Crippen molar-refractivity contribution in [1.82, 2.24) is 0 Å². The molecule has 1 aromatic rings. The van der Waals surface area contributed by atoms with E-state index in [1.54, 1.807) is 24.3 Å². The Bertz CT molecular complexity index is 346. The topological polar surface area (TPSA) is 54.0 Å². The lowest BCUT2D eigenvalue weighted by molar-refractivity contribution is -0.350. The highest BCUT2D eigenvalue weighted by molar-refractivity contribution is 5.42. The third kappa shape index (κ3) is 2.15. The Labute approximate surface area is 93.9 Å². The summed E-state index contributed by atoms with van der Waals surface area (Å²) in [4.78, 5) is 10.5. The molecule has 5 heteroatoms. The monoisotopic (exact) mass is 226 g/mol. The number of benzene rings is 1. The fourth-order valence-corrected chi connectivity index (χ4v) is 1.42. The minimum absolute atomic E-state index is 0.263. The summed E-state index contributed by atoms with van der Waals surface area (Å²) < 4.78 is 20.2. The number of methoxy groups -OCH3 is 3. The second-order valence-electron chi connectivity index (χ2n) is 2.88. The average molecular weight is 226 g/mol. The third-order valence-electron chi connectivity index (χ3n) is 2.18. The number of hydrogen-bond donors (Lipinski definition) is 0. The highest BCUT2D eigenvalue weighted by Gasteiger charge is 2.37. The molecule has 0 bridgehead atoms. The molecule has 16 heavy (non-hydrogen) atoms. The molecule has 0 saturated heterocycles. The van der Waals surface area contributed by atoms with Gasteiger partial charge in [-0.3, -0.25) is 4.79 Å². The molecule has 0 radical (unpaired) electrons. The molecule has 0 fully saturated rings. The SMILES string of the molecule is COc1ccccc1C(OC)(OC)OC=O. The zero-order valence-electron chi connectivity index (χ0n) is 9.43. The summed E-state index contributed by atoms with van der Waals surface area (Å²) in [7, 11) is 4.26. The van der Waals surface area contributed by atoms with E-state index in [-0.39, 0.29) is 6.47 Å². The first-order valence-corrected chi connectivity index (χ1v) is 4.59. The van der Waals surface area contributed by atoms with Crippen molar-refractivity contribution >= 4 is 6.47 Å². The second kappa shape index (κ2) is 5.48. The van der Waals surface area contributed by atoms with Crippen LogP contribution in [0.4, 0.5) is 0 Å². The Morgan fingerprint density at radius 1 is 1.12 bits per heavy atom. The van der Waals surface area contributed by atoms with E-state index in [1.807, 2.05) is 0 Å². The molecule has 0 aromatic heterocycles. The lowest BCUT2D eigenvalue weighted by Crippen LogP contribution is -2.34. The van der Waals surface area contributed by atoms with Crippen LogP contribution in [0.3, 0.4) is 0 Å². The van der Waals surface area contributed by atoms with Gasteiger partial charge >= 0.3 is 5.97 Å². The molecule has 0 amide bonds. The summed E-state index contributed by atoms with van der Waals surface area (Å²) in [6.07, 6.45) is 0. The van der Waals surface area contributed by atoms with Crippen molar-refractivity contribution in [2.24, 2.45) is 0 Å². The minimum Gasteiger partial charge on any atom is -0.496 e. The Morgan fingerprint density at radius 2 is 1.75 bits per heavy atom. The largest absolute Gasteiger partial charge is 0.496 e. The third-order valence-corrected chi connectivity index (χ3v) is 2.18. The summed E-state index contributed by atoms with van der Waals surface area (Å²) >= 11 is 0. The first-order valence-electron chi connectivity index (χ1n) is 4.59. The van der Waals surface area contributed by atoms with Crippen LogP contribution in [0.2, 0.25) is 0 Å². The molecular formula is C11H14O5. The lowest BCUT2D eigenvalue weighted by Gasteiger charge is -2.29. The molecule has 0 aliphatic carbocycles. The van der Waals surface area contributed by atoms with Crippen molar-refractivity contribution in [1.29, 1.82) is 0 Å². The van der Waals surface area contributed by atoms with Crippen LogP contribution < -0.4 is 4.74 Å². The molecule has 0 heterocycles. The van der Waals surface area contributed by atoms with Crippen molar-refractivity contribution < 1.29 is 23.7 Å². The van der Waals surface area contributed by atoms with Gasteiger partial charge in [0, 0.05) is 14.2 Å². The fraction of sp³-hybridized carbons (Fsp3) is 0.364. The Hall–Kier alpha value is -1.59. The smallest absolute Gasteiger partial charge is 0.361 e. The Morgan fingerprint density at radius 3 is 2.25 bits per heavy atom. The van der Waals surface area contributed by atoms with Crippen LogP contribution in [0.15, 0.2) is 24.3 Å². The zero-order valence-corrected chi connectivity index (χ0v) is 9.43. The van der Waals surface area contributed by atoms with Crippen LogP contribution in [0.1, 0.15) is 5.56 Å². The number of para-hydroxylation sites is 1. The van der Waals surface area contributed by atoms with Gasteiger partial charge in [0.1, 0.15) is 5.75 Å². The molecule has 0 unspecified atom stereocenters. The summed E-state index contributed by atoms with van der Waals surface area (Å²) in [5, 5.41) is 0. The van der Waals surface area contributed by atoms with Crippen LogP contribution in [0, 0.1) is 0 Å². The van der Waals surface area contributed by atoms with Gasteiger partial charge < -0.3 is 18.9 Å². The summed E-state index contributed by atoms with van der Waals surface area (Å²) in [6, 6.07) is 6.96. The number of rotatable bonds is 6. The number of ether oxygens (including phenoxy) is 4. The summed E-state index contributed by atoms with van der Waals surface area (Å²) in [5.74, 6) is -1.07. The molecule has 0 aliphatic heterocycles. The molecule has 0 saturated carbocycles. The normalized spacial score (nSPS) is 10.9. The van der Waals surface area contributed by atoms with E-state index in [0.717, 1.165) is 0 Å². The van der Waals surface area contributed by atoms with Gasteiger partial charge in [0.05, 0.1) is 12.7 Å². The first-order chi connectivity index (χ1) is 7.74. The van der Waals surface area contributed by atoms with Gasteiger partial charge in [-0.1, -0.05) is 12.1 Å². The highest BCUT2D eigenvalue weighted by Crippen LogP contribution is 2.33. The molecule has 0 spiro atoms. The van der Waals surface area contributed by atoms with Crippen molar-refractivity contribution in [3.63, 3.8) is 0 Å². The second-order valence-corrected chi connectivity index (χ2v) is 2.88. The van der Waals surface area contributed by atoms with E-state index in [4.69, 9.17) is 18.9 Å².